The molecule has 5 aliphatic rings. The third-order valence-corrected chi connectivity index (χ3v) is 6.19. The quantitative estimate of drug-likeness (QED) is 0.751. The predicted molar refractivity (Wildman–Crippen MR) is 83.2 cm³/mol. The standard InChI is InChI=1S/C20H16O3/c21-19-18-16-12-7-3-1-5-10(12)15(11-6-2-4-8-13(11)16)17(18)14-9-22-20(19)23-14/h1-8,14-18,20H,9H2/t14-,15?,16?,17+,18-,20-/m1/s1. The Kier molecular flexibility index (Phi) is 2.22. The van der Waals surface area contributed by atoms with E-state index in [0.29, 0.717) is 6.61 Å². The van der Waals surface area contributed by atoms with Crippen molar-refractivity contribution in [3.8, 4) is 0 Å². The maximum absolute atomic E-state index is 13.0. The van der Waals surface area contributed by atoms with Gasteiger partial charge in [0, 0.05) is 23.7 Å². The Hall–Kier alpha value is -1.97. The molecule has 2 heterocycles. The minimum Gasteiger partial charge on any atom is -0.343 e. The second-order valence-corrected chi connectivity index (χ2v) is 7.06. The van der Waals surface area contributed by atoms with Crippen LogP contribution in [0.1, 0.15) is 34.1 Å². The maximum Gasteiger partial charge on any atom is 0.218 e. The van der Waals surface area contributed by atoms with Crippen LogP contribution >= 0.6 is 0 Å². The topological polar surface area (TPSA) is 35.5 Å². The Bertz CT molecular complexity index is 795. The predicted octanol–water partition coefficient (Wildman–Crippen LogP) is 2.83. The number of ketones is 1. The van der Waals surface area contributed by atoms with Crippen molar-refractivity contribution in [2.75, 3.05) is 6.61 Å². The third kappa shape index (κ3) is 1.37. The van der Waals surface area contributed by atoms with E-state index in [1.54, 1.807) is 0 Å². The van der Waals surface area contributed by atoms with Crippen LogP contribution in [0.5, 0.6) is 0 Å². The van der Waals surface area contributed by atoms with Gasteiger partial charge in [-0.05, 0) is 22.3 Å². The van der Waals surface area contributed by atoms with E-state index in [4.69, 9.17) is 9.47 Å². The fourth-order valence-corrected chi connectivity index (χ4v) is 5.45. The number of hydrogen-bond donors (Lipinski definition) is 0. The van der Waals surface area contributed by atoms with Gasteiger partial charge in [0.25, 0.3) is 0 Å². The number of fused-ring (bicyclic) bond motifs is 2. The lowest BCUT2D eigenvalue weighted by Gasteiger charge is -2.53. The molecule has 0 spiro atoms. The molecule has 114 valence electrons. The average molecular weight is 304 g/mol. The van der Waals surface area contributed by atoms with Crippen molar-refractivity contribution in [3.63, 3.8) is 0 Å². The highest BCUT2D eigenvalue weighted by molar-refractivity contribution is 5.89. The normalized spacial score (nSPS) is 38.9. The van der Waals surface area contributed by atoms with E-state index >= 15 is 0 Å². The molecule has 0 N–H and O–H groups in total. The van der Waals surface area contributed by atoms with Crippen molar-refractivity contribution < 1.29 is 14.3 Å². The zero-order valence-corrected chi connectivity index (χ0v) is 12.5. The van der Waals surface area contributed by atoms with Gasteiger partial charge >= 0.3 is 0 Å². The molecule has 2 aromatic carbocycles. The van der Waals surface area contributed by atoms with Gasteiger partial charge < -0.3 is 9.47 Å². The molecule has 3 nitrogen and oxygen atoms in total. The van der Waals surface area contributed by atoms with Crippen molar-refractivity contribution in [3.05, 3.63) is 70.8 Å². The average Bonchev–Trinajstić information content (AvgIpc) is 3.05. The van der Waals surface area contributed by atoms with E-state index in [9.17, 15) is 4.79 Å². The van der Waals surface area contributed by atoms with Gasteiger partial charge in [-0.3, -0.25) is 4.79 Å². The summed E-state index contributed by atoms with van der Waals surface area (Å²) in [5.41, 5.74) is 5.40. The molecule has 0 aromatic heterocycles. The van der Waals surface area contributed by atoms with Gasteiger partial charge in [0.2, 0.25) is 6.29 Å². The minimum absolute atomic E-state index is 0.00366. The Balaban J connectivity index is 1.68. The van der Waals surface area contributed by atoms with E-state index in [1.165, 1.54) is 22.3 Å². The van der Waals surface area contributed by atoms with Gasteiger partial charge in [0.1, 0.15) is 0 Å². The Morgan fingerprint density at radius 3 is 2.00 bits per heavy atom. The van der Waals surface area contributed by atoms with Crippen LogP contribution in [0, 0.1) is 11.8 Å². The van der Waals surface area contributed by atoms with Crippen LogP contribution in [0.3, 0.4) is 0 Å². The first-order valence-corrected chi connectivity index (χ1v) is 8.33. The molecule has 2 aliphatic heterocycles. The van der Waals surface area contributed by atoms with E-state index in [0.717, 1.165) is 0 Å². The molecule has 4 atom stereocenters. The lowest BCUT2D eigenvalue weighted by atomic mass is 9.52. The minimum atomic E-state index is -0.639. The fourth-order valence-electron chi connectivity index (χ4n) is 5.45. The van der Waals surface area contributed by atoms with Crippen LogP contribution in [0.15, 0.2) is 48.5 Å². The van der Waals surface area contributed by atoms with Crippen LogP contribution in [0.2, 0.25) is 0 Å². The van der Waals surface area contributed by atoms with Crippen molar-refractivity contribution in [1.29, 1.82) is 0 Å². The Morgan fingerprint density at radius 2 is 1.39 bits per heavy atom. The molecule has 3 aliphatic carbocycles. The van der Waals surface area contributed by atoms with Gasteiger partial charge in [0.05, 0.1) is 12.7 Å². The zero-order valence-electron chi connectivity index (χ0n) is 12.5. The SMILES string of the molecule is O=C1[C@@H]2OC[C@@H](O2)[C@H]2C3c4ccccc4C(c4ccccc43)[C@@H]12. The summed E-state index contributed by atoms with van der Waals surface area (Å²) < 4.78 is 11.5. The maximum atomic E-state index is 13.0. The molecular weight excluding hydrogens is 288 g/mol. The van der Waals surface area contributed by atoms with Crippen molar-refractivity contribution in [2.45, 2.75) is 24.2 Å². The number of ether oxygens (including phenoxy) is 2. The molecule has 2 aromatic rings. The molecule has 7 rings (SSSR count). The lowest BCUT2D eigenvalue weighted by Crippen LogP contribution is -2.53. The van der Waals surface area contributed by atoms with Crippen LogP contribution in [0.4, 0.5) is 0 Å². The summed E-state index contributed by atoms with van der Waals surface area (Å²) in [6.07, 6.45) is -0.600. The lowest BCUT2D eigenvalue weighted by molar-refractivity contribution is -0.169. The van der Waals surface area contributed by atoms with E-state index in [-0.39, 0.29) is 35.6 Å². The molecule has 0 saturated carbocycles. The molecule has 2 fully saturated rings. The van der Waals surface area contributed by atoms with Gasteiger partial charge in [0.15, 0.2) is 5.78 Å². The van der Waals surface area contributed by atoms with Gasteiger partial charge in [-0.1, -0.05) is 48.5 Å². The summed E-state index contributed by atoms with van der Waals surface area (Å²) >= 11 is 0. The number of rotatable bonds is 0. The number of Topliss-reactive ketones (excluding diaryl/α,β-unsaturated/α-hetero) is 1. The zero-order chi connectivity index (χ0) is 15.1. The molecule has 0 amide bonds. The van der Waals surface area contributed by atoms with Gasteiger partial charge in [-0.2, -0.15) is 0 Å². The summed E-state index contributed by atoms with van der Waals surface area (Å²) in [6, 6.07) is 17.2. The molecule has 2 saturated heterocycles. The number of benzene rings is 2. The van der Waals surface area contributed by atoms with Gasteiger partial charge in [-0.15, -0.1) is 0 Å². The van der Waals surface area contributed by atoms with Crippen LogP contribution in [-0.2, 0) is 14.3 Å². The smallest absolute Gasteiger partial charge is 0.218 e. The Morgan fingerprint density at radius 1 is 0.826 bits per heavy atom. The highest BCUT2D eigenvalue weighted by Gasteiger charge is 2.61. The number of carbonyl (C=O) groups excluding carboxylic acids is 1. The van der Waals surface area contributed by atoms with Crippen LogP contribution in [0.25, 0.3) is 0 Å². The highest BCUT2D eigenvalue weighted by Crippen LogP contribution is 2.61. The van der Waals surface area contributed by atoms with Crippen molar-refractivity contribution in [1.82, 2.24) is 0 Å². The van der Waals surface area contributed by atoms with Crippen LogP contribution in [-0.4, -0.2) is 24.8 Å². The molecule has 4 bridgehead atoms. The van der Waals surface area contributed by atoms with Gasteiger partial charge in [-0.25, -0.2) is 0 Å². The summed E-state index contributed by atoms with van der Waals surface area (Å²) in [6.45, 7) is 0.547. The van der Waals surface area contributed by atoms with Crippen LogP contribution < -0.4 is 0 Å². The third-order valence-electron chi connectivity index (χ3n) is 6.19. The molecule has 0 unspecified atom stereocenters. The molecule has 0 radical (unpaired) electrons. The summed E-state index contributed by atoms with van der Waals surface area (Å²) in [7, 11) is 0. The summed E-state index contributed by atoms with van der Waals surface area (Å²) in [5.74, 6) is 0.740. The first kappa shape index (κ1) is 12.5. The highest BCUT2D eigenvalue weighted by atomic mass is 16.7. The van der Waals surface area contributed by atoms with Crippen molar-refractivity contribution >= 4 is 5.78 Å². The van der Waals surface area contributed by atoms with Crippen molar-refractivity contribution in [2.24, 2.45) is 11.8 Å². The van der Waals surface area contributed by atoms with E-state index in [1.807, 2.05) is 0 Å². The largest absolute Gasteiger partial charge is 0.343 e. The summed E-state index contributed by atoms with van der Waals surface area (Å²) in [4.78, 5) is 13.0. The number of carbonyl (C=O) groups is 1. The monoisotopic (exact) mass is 304 g/mol. The second kappa shape index (κ2) is 4.11. The Labute approximate surface area is 134 Å². The fraction of sp³-hybridized carbons (Fsp3) is 0.350. The number of hydrogen-bond acceptors (Lipinski definition) is 3. The van der Waals surface area contributed by atoms with E-state index < -0.39 is 6.29 Å². The van der Waals surface area contributed by atoms with E-state index in [2.05, 4.69) is 48.5 Å². The summed E-state index contributed by atoms with van der Waals surface area (Å²) in [5, 5.41) is 0. The first-order chi connectivity index (χ1) is 11.3. The molecular formula is C20H16O3. The molecule has 3 heteroatoms. The first-order valence-electron chi connectivity index (χ1n) is 8.33. The second-order valence-electron chi connectivity index (χ2n) is 7.06. The molecule has 23 heavy (non-hydrogen) atoms.